The third kappa shape index (κ3) is 23.5. The van der Waals surface area contributed by atoms with E-state index in [0.29, 0.717) is 13.0 Å². The van der Waals surface area contributed by atoms with Crippen LogP contribution < -0.4 is 0 Å². The molecule has 0 atom stereocenters. The van der Waals surface area contributed by atoms with Crippen molar-refractivity contribution >= 4 is 5.97 Å². The Morgan fingerprint density at radius 2 is 0.893 bits per heavy atom. The molecule has 0 aliphatic rings. The Kier molecular flexibility index (Phi) is 20.8. The lowest BCUT2D eigenvalue weighted by atomic mass is 10.0. The van der Waals surface area contributed by atoms with Crippen LogP contribution in [-0.2, 0) is 9.53 Å². The van der Waals surface area contributed by atoms with E-state index in [2.05, 4.69) is 27.7 Å². The summed E-state index contributed by atoms with van der Waals surface area (Å²) in [6.45, 7) is 9.74. The Morgan fingerprint density at radius 1 is 0.536 bits per heavy atom. The van der Waals surface area contributed by atoms with E-state index in [9.17, 15) is 4.79 Å². The zero-order chi connectivity index (χ0) is 20.9. The Labute approximate surface area is 177 Å². The predicted molar refractivity (Wildman–Crippen MR) is 124 cm³/mol. The Hall–Kier alpha value is -0.530. The quantitative estimate of drug-likeness (QED) is 0.143. The number of ether oxygens (including phenoxy) is 1. The molecular weight excluding hydrogens is 344 g/mol. The van der Waals surface area contributed by atoms with E-state index < -0.39 is 0 Å². The van der Waals surface area contributed by atoms with Crippen LogP contribution in [0.3, 0.4) is 0 Å². The van der Waals surface area contributed by atoms with Crippen molar-refractivity contribution in [2.45, 2.75) is 143 Å². The van der Waals surface area contributed by atoms with Gasteiger partial charge in [0, 0.05) is 6.42 Å². The highest BCUT2D eigenvalue weighted by molar-refractivity contribution is 5.69. The Balaban J connectivity index is 3.12. The molecule has 2 heteroatoms. The summed E-state index contributed by atoms with van der Waals surface area (Å²) in [5.74, 6) is 1.61. The smallest absolute Gasteiger partial charge is 0.305 e. The second-order valence-corrected chi connectivity index (χ2v) is 9.64. The highest BCUT2D eigenvalue weighted by Crippen LogP contribution is 2.14. The molecule has 2 nitrogen and oxygen atoms in total. The number of unbranched alkanes of at least 4 members (excludes halogenated alkanes) is 13. The molecule has 0 radical (unpaired) electrons. The third-order valence-electron chi connectivity index (χ3n) is 5.60. The van der Waals surface area contributed by atoms with Crippen molar-refractivity contribution in [3.8, 4) is 0 Å². The Bertz CT molecular complexity index is 322. The van der Waals surface area contributed by atoms with E-state index in [-0.39, 0.29) is 5.97 Å². The largest absolute Gasteiger partial charge is 0.466 e. The van der Waals surface area contributed by atoms with E-state index in [0.717, 1.165) is 31.1 Å². The molecular formula is C26H52O2. The van der Waals surface area contributed by atoms with Gasteiger partial charge < -0.3 is 4.74 Å². The summed E-state index contributed by atoms with van der Waals surface area (Å²) in [6, 6.07) is 0. The summed E-state index contributed by atoms with van der Waals surface area (Å²) < 4.78 is 5.33. The molecule has 0 aliphatic carbocycles. The van der Waals surface area contributed by atoms with Crippen LogP contribution in [0.25, 0.3) is 0 Å². The fourth-order valence-electron chi connectivity index (χ4n) is 3.68. The number of carbonyl (C=O) groups is 1. The minimum atomic E-state index is 0.00341. The maximum atomic E-state index is 11.6. The first-order chi connectivity index (χ1) is 13.5. The molecule has 0 aromatic heterocycles. The van der Waals surface area contributed by atoms with Gasteiger partial charge in [-0.2, -0.15) is 0 Å². The first-order valence-corrected chi connectivity index (χ1v) is 12.7. The predicted octanol–water partition coefficient (Wildman–Crippen LogP) is 8.86. The molecule has 0 N–H and O–H groups in total. The first kappa shape index (κ1) is 27.5. The molecule has 0 aromatic rings. The molecule has 0 unspecified atom stereocenters. The van der Waals surface area contributed by atoms with Gasteiger partial charge in [-0.25, -0.2) is 0 Å². The topological polar surface area (TPSA) is 26.3 Å². The van der Waals surface area contributed by atoms with Gasteiger partial charge >= 0.3 is 5.97 Å². The minimum absolute atomic E-state index is 0.00341. The molecule has 0 bridgehead atoms. The standard InChI is InChI=1S/C26H52O2/c1-24(2)20-16-14-12-10-8-6-5-7-9-11-13-15-19-23-28-26(27)22-18-17-21-25(3)4/h24-25H,5-23H2,1-4H3. The molecule has 0 amide bonds. The summed E-state index contributed by atoms with van der Waals surface area (Å²) in [5.41, 5.74) is 0. The van der Waals surface area contributed by atoms with Crippen molar-refractivity contribution in [2.24, 2.45) is 11.8 Å². The average Bonchev–Trinajstić information content (AvgIpc) is 2.64. The molecule has 0 aromatic carbocycles. The van der Waals surface area contributed by atoms with Crippen LogP contribution in [0.4, 0.5) is 0 Å². The van der Waals surface area contributed by atoms with Crippen LogP contribution >= 0.6 is 0 Å². The lowest BCUT2D eigenvalue weighted by molar-refractivity contribution is -0.143. The lowest BCUT2D eigenvalue weighted by Crippen LogP contribution is -2.05. The zero-order valence-corrected chi connectivity index (χ0v) is 19.9. The SMILES string of the molecule is CC(C)CCCCCCCCCCCCCCCOC(=O)CCCCC(C)C. The monoisotopic (exact) mass is 396 g/mol. The normalized spacial score (nSPS) is 11.5. The number of hydrogen-bond donors (Lipinski definition) is 0. The fraction of sp³-hybridized carbons (Fsp3) is 0.962. The molecule has 0 rings (SSSR count). The zero-order valence-electron chi connectivity index (χ0n) is 19.9. The van der Waals surface area contributed by atoms with Gasteiger partial charge in [0.05, 0.1) is 6.61 Å². The van der Waals surface area contributed by atoms with Gasteiger partial charge in [0.1, 0.15) is 0 Å². The minimum Gasteiger partial charge on any atom is -0.466 e. The van der Waals surface area contributed by atoms with E-state index in [1.54, 1.807) is 0 Å². The van der Waals surface area contributed by atoms with Gasteiger partial charge in [-0.1, -0.05) is 124 Å². The summed E-state index contributed by atoms with van der Waals surface area (Å²) in [6.07, 6.45) is 23.0. The van der Waals surface area contributed by atoms with Crippen molar-refractivity contribution in [1.82, 2.24) is 0 Å². The van der Waals surface area contributed by atoms with Crippen LogP contribution in [0.15, 0.2) is 0 Å². The van der Waals surface area contributed by atoms with Crippen LogP contribution in [-0.4, -0.2) is 12.6 Å². The van der Waals surface area contributed by atoms with E-state index in [4.69, 9.17) is 4.74 Å². The van der Waals surface area contributed by atoms with Gasteiger partial charge in [-0.3, -0.25) is 4.79 Å². The fourth-order valence-corrected chi connectivity index (χ4v) is 3.68. The molecule has 28 heavy (non-hydrogen) atoms. The number of rotatable bonds is 21. The Morgan fingerprint density at radius 3 is 1.32 bits per heavy atom. The van der Waals surface area contributed by atoms with E-state index in [1.165, 1.54) is 89.9 Å². The number of hydrogen-bond acceptors (Lipinski definition) is 2. The molecule has 0 saturated carbocycles. The highest BCUT2D eigenvalue weighted by atomic mass is 16.5. The van der Waals surface area contributed by atoms with Crippen molar-refractivity contribution in [1.29, 1.82) is 0 Å². The van der Waals surface area contributed by atoms with Gasteiger partial charge in [-0.05, 0) is 24.7 Å². The van der Waals surface area contributed by atoms with Gasteiger partial charge in [0.15, 0.2) is 0 Å². The van der Waals surface area contributed by atoms with Gasteiger partial charge in [0.2, 0.25) is 0 Å². The maximum absolute atomic E-state index is 11.6. The van der Waals surface area contributed by atoms with Crippen LogP contribution in [0.1, 0.15) is 143 Å². The molecule has 0 fully saturated rings. The van der Waals surface area contributed by atoms with Gasteiger partial charge in [0.25, 0.3) is 0 Å². The average molecular weight is 397 g/mol. The maximum Gasteiger partial charge on any atom is 0.305 e. The van der Waals surface area contributed by atoms with Crippen molar-refractivity contribution in [3.63, 3.8) is 0 Å². The molecule has 168 valence electrons. The van der Waals surface area contributed by atoms with Gasteiger partial charge in [-0.15, -0.1) is 0 Å². The van der Waals surface area contributed by atoms with E-state index in [1.807, 2.05) is 0 Å². The van der Waals surface area contributed by atoms with Crippen LogP contribution in [0.5, 0.6) is 0 Å². The van der Waals surface area contributed by atoms with E-state index >= 15 is 0 Å². The molecule has 0 spiro atoms. The van der Waals surface area contributed by atoms with Crippen LogP contribution in [0.2, 0.25) is 0 Å². The van der Waals surface area contributed by atoms with Crippen molar-refractivity contribution < 1.29 is 9.53 Å². The van der Waals surface area contributed by atoms with Crippen LogP contribution in [0, 0.1) is 11.8 Å². The summed E-state index contributed by atoms with van der Waals surface area (Å²) in [5, 5.41) is 0. The summed E-state index contributed by atoms with van der Waals surface area (Å²) >= 11 is 0. The number of esters is 1. The molecule has 0 aliphatic heterocycles. The second-order valence-electron chi connectivity index (χ2n) is 9.64. The first-order valence-electron chi connectivity index (χ1n) is 12.7. The molecule has 0 heterocycles. The lowest BCUT2D eigenvalue weighted by Gasteiger charge is -2.06. The summed E-state index contributed by atoms with van der Waals surface area (Å²) in [7, 11) is 0. The van der Waals surface area contributed by atoms with Crippen molar-refractivity contribution in [3.05, 3.63) is 0 Å². The third-order valence-corrected chi connectivity index (χ3v) is 5.60. The summed E-state index contributed by atoms with van der Waals surface area (Å²) in [4.78, 5) is 11.6. The number of carbonyl (C=O) groups excluding carboxylic acids is 1. The highest BCUT2D eigenvalue weighted by Gasteiger charge is 2.03. The second kappa shape index (κ2) is 21.2. The van der Waals surface area contributed by atoms with Crippen molar-refractivity contribution in [2.75, 3.05) is 6.61 Å². The molecule has 0 saturated heterocycles.